The Morgan fingerprint density at radius 3 is 2.29 bits per heavy atom. The Morgan fingerprint density at radius 1 is 0.935 bits per heavy atom. The van der Waals surface area contributed by atoms with Crippen molar-refractivity contribution in [3.05, 3.63) is 89.5 Å². The van der Waals surface area contributed by atoms with Crippen LogP contribution in [-0.4, -0.2) is 18.3 Å². The molecule has 158 valence electrons. The third-order valence-corrected chi connectivity index (χ3v) is 5.96. The van der Waals surface area contributed by atoms with E-state index < -0.39 is 0 Å². The monoisotopic (exact) mass is 409 g/mol. The van der Waals surface area contributed by atoms with Crippen molar-refractivity contribution in [2.45, 2.75) is 40.2 Å². The molecule has 0 spiro atoms. The van der Waals surface area contributed by atoms with Gasteiger partial charge in [-0.05, 0) is 99.8 Å². The molecule has 31 heavy (non-hydrogen) atoms. The molecule has 4 rings (SSSR count). The van der Waals surface area contributed by atoms with E-state index in [2.05, 4.69) is 87.3 Å². The number of aliphatic imine (C=N–C) groups is 1. The number of hydrogen-bond donors (Lipinski definition) is 1. The Balaban J connectivity index is 1.57. The van der Waals surface area contributed by atoms with Crippen molar-refractivity contribution in [1.29, 1.82) is 0 Å². The predicted molar refractivity (Wildman–Crippen MR) is 135 cm³/mol. The molecular formula is C28H31N3. The van der Waals surface area contributed by atoms with Gasteiger partial charge in [-0.25, -0.2) is 0 Å². The highest BCUT2D eigenvalue weighted by atomic mass is 15.2. The van der Waals surface area contributed by atoms with Gasteiger partial charge < -0.3 is 10.2 Å². The van der Waals surface area contributed by atoms with Crippen molar-refractivity contribution in [3.63, 3.8) is 0 Å². The van der Waals surface area contributed by atoms with E-state index in [4.69, 9.17) is 4.99 Å². The topological polar surface area (TPSA) is 27.6 Å². The van der Waals surface area contributed by atoms with E-state index in [0.29, 0.717) is 0 Å². The fourth-order valence-corrected chi connectivity index (χ4v) is 4.42. The van der Waals surface area contributed by atoms with Gasteiger partial charge in [-0.3, -0.25) is 4.99 Å². The lowest BCUT2D eigenvalue weighted by Crippen LogP contribution is -2.45. The Labute approximate surface area is 186 Å². The molecule has 1 aliphatic heterocycles. The lowest BCUT2D eigenvalue weighted by atomic mass is 9.87. The van der Waals surface area contributed by atoms with Gasteiger partial charge in [0.05, 0.1) is 11.2 Å². The first-order chi connectivity index (χ1) is 14.9. The molecule has 0 unspecified atom stereocenters. The van der Waals surface area contributed by atoms with Gasteiger partial charge in [0.15, 0.2) is 0 Å². The van der Waals surface area contributed by atoms with E-state index in [9.17, 15) is 0 Å². The number of allylic oxidation sites excluding steroid dienone is 1. The summed E-state index contributed by atoms with van der Waals surface area (Å²) in [6.45, 7) is 12.2. The van der Waals surface area contributed by atoms with E-state index in [1.54, 1.807) is 0 Å². The Bertz CT molecular complexity index is 1120. The second-order valence-electron chi connectivity index (χ2n) is 8.75. The van der Waals surface area contributed by atoms with Gasteiger partial charge in [-0.2, -0.15) is 0 Å². The van der Waals surface area contributed by atoms with Crippen molar-refractivity contribution < 1.29 is 0 Å². The van der Waals surface area contributed by atoms with E-state index in [-0.39, 0.29) is 5.54 Å². The summed E-state index contributed by atoms with van der Waals surface area (Å²) >= 11 is 0. The van der Waals surface area contributed by atoms with Crippen molar-refractivity contribution in [2.24, 2.45) is 4.99 Å². The first kappa shape index (κ1) is 20.9. The van der Waals surface area contributed by atoms with E-state index in [0.717, 1.165) is 29.2 Å². The Hall–Kier alpha value is -3.33. The van der Waals surface area contributed by atoms with Crippen LogP contribution in [0.25, 0.3) is 5.57 Å². The molecule has 0 saturated heterocycles. The average Bonchev–Trinajstić information content (AvgIpc) is 2.74. The predicted octanol–water partition coefficient (Wildman–Crippen LogP) is 7.51. The first-order valence-electron chi connectivity index (χ1n) is 11.0. The zero-order valence-electron chi connectivity index (χ0n) is 19.1. The number of nitrogens with zero attached hydrogens (tertiary/aromatic N) is 2. The van der Waals surface area contributed by atoms with Crippen LogP contribution in [0.1, 0.15) is 44.4 Å². The minimum Gasteiger partial charge on any atom is -0.363 e. The highest BCUT2D eigenvalue weighted by molar-refractivity contribution is 5.90. The molecule has 1 aliphatic rings. The van der Waals surface area contributed by atoms with E-state index in [1.807, 2.05) is 36.5 Å². The van der Waals surface area contributed by atoms with Crippen molar-refractivity contribution in [2.75, 3.05) is 16.8 Å². The van der Waals surface area contributed by atoms with E-state index in [1.165, 1.54) is 22.4 Å². The largest absolute Gasteiger partial charge is 0.363 e. The van der Waals surface area contributed by atoms with Gasteiger partial charge in [-0.15, -0.1) is 0 Å². The van der Waals surface area contributed by atoms with Gasteiger partial charge in [0.2, 0.25) is 0 Å². The highest BCUT2D eigenvalue weighted by Crippen LogP contribution is 2.40. The first-order valence-corrected chi connectivity index (χ1v) is 11.0. The maximum atomic E-state index is 4.74. The molecular weight excluding hydrogens is 378 g/mol. The summed E-state index contributed by atoms with van der Waals surface area (Å²) in [7, 11) is 0. The summed E-state index contributed by atoms with van der Waals surface area (Å²) in [5.41, 5.74) is 9.46. The molecule has 0 fully saturated rings. The van der Waals surface area contributed by atoms with Gasteiger partial charge in [-0.1, -0.05) is 24.3 Å². The lowest BCUT2D eigenvalue weighted by Gasteiger charge is -2.43. The number of anilines is 3. The van der Waals surface area contributed by atoms with Crippen LogP contribution in [0.5, 0.6) is 0 Å². The van der Waals surface area contributed by atoms with Crippen LogP contribution >= 0.6 is 0 Å². The fraction of sp³-hybridized carbons (Fsp3) is 0.250. The highest BCUT2D eigenvalue weighted by Gasteiger charge is 2.30. The zero-order valence-corrected chi connectivity index (χ0v) is 19.1. The Kier molecular flexibility index (Phi) is 5.69. The van der Waals surface area contributed by atoms with Gasteiger partial charge in [0.1, 0.15) is 0 Å². The molecule has 0 amide bonds. The molecule has 0 aromatic heterocycles. The minimum atomic E-state index is 0.0312. The normalized spacial score (nSPS) is 15.0. The van der Waals surface area contributed by atoms with Crippen molar-refractivity contribution in [3.8, 4) is 0 Å². The molecule has 0 atom stereocenters. The van der Waals surface area contributed by atoms with Crippen LogP contribution < -0.4 is 10.2 Å². The molecule has 3 heteroatoms. The molecule has 0 aliphatic carbocycles. The maximum Gasteiger partial charge on any atom is 0.0631 e. The van der Waals surface area contributed by atoms with Crippen molar-refractivity contribution in [1.82, 2.24) is 0 Å². The lowest BCUT2D eigenvalue weighted by molar-refractivity contribution is 0.566. The average molecular weight is 410 g/mol. The quantitative estimate of drug-likeness (QED) is 0.442. The van der Waals surface area contributed by atoms with Gasteiger partial charge >= 0.3 is 0 Å². The number of fused-ring (bicyclic) bond motifs is 1. The standard InChI is InChI=1S/C28H31N3/c1-6-31-27-16-20(2)22(17-26(27)21(3)18-28(31,4)5)19-29-23-12-14-25(15-13-23)30-24-10-8-7-9-11-24/h7-19,30H,6H2,1-5H3. The molecule has 3 aromatic carbocycles. The maximum absolute atomic E-state index is 4.74. The number of rotatable bonds is 5. The summed E-state index contributed by atoms with van der Waals surface area (Å²) in [5, 5.41) is 3.41. The third-order valence-electron chi connectivity index (χ3n) is 5.96. The fourth-order valence-electron chi connectivity index (χ4n) is 4.42. The molecule has 3 aromatic rings. The number of hydrogen-bond acceptors (Lipinski definition) is 3. The van der Waals surface area contributed by atoms with Crippen LogP contribution in [0.3, 0.4) is 0 Å². The van der Waals surface area contributed by atoms with Gasteiger partial charge in [0.25, 0.3) is 0 Å². The smallest absolute Gasteiger partial charge is 0.0631 e. The van der Waals surface area contributed by atoms with Crippen LogP contribution in [0.4, 0.5) is 22.7 Å². The molecule has 3 nitrogen and oxygen atoms in total. The summed E-state index contributed by atoms with van der Waals surface area (Å²) < 4.78 is 0. The van der Waals surface area contributed by atoms with Crippen LogP contribution in [0, 0.1) is 6.92 Å². The zero-order chi connectivity index (χ0) is 22.0. The number of likely N-dealkylation sites (N-methyl/N-ethyl adjacent to an activating group) is 1. The third kappa shape index (κ3) is 4.41. The minimum absolute atomic E-state index is 0.0312. The molecule has 0 saturated carbocycles. The summed E-state index contributed by atoms with van der Waals surface area (Å²) in [6, 6.07) is 23.0. The SMILES string of the molecule is CCN1c2cc(C)c(C=Nc3ccc(Nc4ccccc4)cc3)cc2C(C)=CC1(C)C. The van der Waals surface area contributed by atoms with E-state index >= 15 is 0 Å². The number of nitrogens with one attached hydrogen (secondary N) is 1. The van der Waals surface area contributed by atoms with Crippen molar-refractivity contribution >= 4 is 34.5 Å². The van der Waals surface area contributed by atoms with Crippen LogP contribution in [-0.2, 0) is 0 Å². The van der Waals surface area contributed by atoms with Gasteiger partial charge in [0, 0.05) is 35.4 Å². The second kappa shape index (κ2) is 8.43. The Morgan fingerprint density at radius 2 is 1.61 bits per heavy atom. The summed E-state index contributed by atoms with van der Waals surface area (Å²) in [6.07, 6.45) is 4.35. The molecule has 0 bridgehead atoms. The summed E-state index contributed by atoms with van der Waals surface area (Å²) in [4.78, 5) is 7.22. The van der Waals surface area contributed by atoms with Crippen LogP contribution in [0.2, 0.25) is 0 Å². The molecule has 1 N–H and O–H groups in total. The molecule has 0 radical (unpaired) electrons. The van der Waals surface area contributed by atoms with Crippen LogP contribution in [0.15, 0.2) is 77.8 Å². The number of benzene rings is 3. The molecule has 1 heterocycles. The second-order valence-corrected chi connectivity index (χ2v) is 8.75. The number of aryl methyl sites for hydroxylation is 1. The summed E-state index contributed by atoms with van der Waals surface area (Å²) in [5.74, 6) is 0. The number of para-hydroxylation sites is 1.